The average Bonchev–Trinajstić information content (AvgIpc) is 3.14. The first-order valence-electron chi connectivity index (χ1n) is 9.12. The highest BCUT2D eigenvalue weighted by atomic mass is 127. The standard InChI is InChI=1S/C21H21IN2O4S/c1-5-9-28-19-15(22)11-14(12-16(19)26-6-2)18-17(20(25)27-7-3)13(4)23-21-24(18)8-10-29-21/h1,8,10-12,18H,6-7,9H2,2-4H3/t18-/m0/s1. The van der Waals surface area contributed by atoms with Gasteiger partial charge in [0.15, 0.2) is 16.7 Å². The number of carbonyl (C=O) groups is 1. The number of amidine groups is 1. The molecule has 0 N–H and O–H groups in total. The van der Waals surface area contributed by atoms with Crippen molar-refractivity contribution in [1.29, 1.82) is 0 Å². The van der Waals surface area contributed by atoms with E-state index in [0.29, 0.717) is 36.0 Å². The number of halogens is 1. The van der Waals surface area contributed by atoms with Crippen molar-refractivity contribution in [2.24, 2.45) is 4.99 Å². The Labute approximate surface area is 188 Å². The van der Waals surface area contributed by atoms with E-state index in [0.717, 1.165) is 14.3 Å². The van der Waals surface area contributed by atoms with Gasteiger partial charge in [0.05, 0.1) is 34.1 Å². The summed E-state index contributed by atoms with van der Waals surface area (Å²) in [5.74, 6) is 3.29. The van der Waals surface area contributed by atoms with E-state index >= 15 is 0 Å². The van der Waals surface area contributed by atoms with E-state index in [1.807, 2.05) is 42.5 Å². The molecular formula is C21H21IN2O4S. The van der Waals surface area contributed by atoms with Gasteiger partial charge in [0.25, 0.3) is 0 Å². The van der Waals surface area contributed by atoms with Crippen molar-refractivity contribution in [3.63, 3.8) is 0 Å². The predicted molar refractivity (Wildman–Crippen MR) is 123 cm³/mol. The van der Waals surface area contributed by atoms with Crippen LogP contribution >= 0.6 is 34.4 Å². The molecule has 0 unspecified atom stereocenters. The Morgan fingerprint density at radius 1 is 1.34 bits per heavy atom. The number of aliphatic imine (C=N–C) groups is 1. The third kappa shape index (κ3) is 4.41. The second kappa shape index (κ2) is 9.59. The maximum absolute atomic E-state index is 12.8. The lowest BCUT2D eigenvalue weighted by atomic mass is 9.94. The third-order valence-corrected chi connectivity index (χ3v) is 5.84. The zero-order valence-electron chi connectivity index (χ0n) is 16.4. The monoisotopic (exact) mass is 524 g/mol. The summed E-state index contributed by atoms with van der Waals surface area (Å²) in [5, 5.41) is 2.77. The number of fused-ring (bicyclic) bond motifs is 1. The number of hydrogen-bond acceptors (Lipinski definition) is 7. The molecule has 2 aliphatic heterocycles. The van der Waals surface area contributed by atoms with Crippen molar-refractivity contribution in [1.82, 2.24) is 4.90 Å². The van der Waals surface area contributed by atoms with Crippen molar-refractivity contribution < 1.29 is 19.0 Å². The Morgan fingerprint density at radius 3 is 2.83 bits per heavy atom. The van der Waals surface area contributed by atoms with Gasteiger partial charge in [-0.25, -0.2) is 9.79 Å². The molecule has 0 saturated carbocycles. The van der Waals surface area contributed by atoms with E-state index in [4.69, 9.17) is 20.6 Å². The third-order valence-electron chi connectivity index (χ3n) is 4.26. The van der Waals surface area contributed by atoms with Crippen molar-refractivity contribution in [3.05, 3.63) is 44.1 Å². The van der Waals surface area contributed by atoms with E-state index in [1.165, 1.54) is 11.8 Å². The van der Waals surface area contributed by atoms with Crippen LogP contribution in [0.4, 0.5) is 0 Å². The lowest BCUT2D eigenvalue weighted by molar-refractivity contribution is -0.139. The van der Waals surface area contributed by atoms with Gasteiger partial charge >= 0.3 is 5.97 Å². The molecule has 0 fully saturated rings. The molecule has 6 nitrogen and oxygen atoms in total. The van der Waals surface area contributed by atoms with Crippen LogP contribution in [0, 0.1) is 15.9 Å². The number of terminal acetylenes is 1. The first-order valence-corrected chi connectivity index (χ1v) is 11.1. The van der Waals surface area contributed by atoms with Crippen LogP contribution in [0.5, 0.6) is 11.5 Å². The SMILES string of the molecule is C#CCOc1c(I)cc([C@H]2C(C(=O)OCC)=C(C)N=C3SC=CN32)cc1OCC. The molecule has 0 saturated heterocycles. The normalized spacial score (nSPS) is 17.6. The topological polar surface area (TPSA) is 60.4 Å². The Hall–Kier alpha value is -2.12. The second-order valence-corrected chi connectivity index (χ2v) is 8.12. The molecule has 0 bridgehead atoms. The summed E-state index contributed by atoms with van der Waals surface area (Å²) in [6.07, 6.45) is 7.27. The van der Waals surface area contributed by atoms with Gasteiger partial charge < -0.3 is 19.1 Å². The average molecular weight is 524 g/mol. The number of esters is 1. The molecule has 0 aromatic heterocycles. The summed E-state index contributed by atoms with van der Waals surface area (Å²) in [4.78, 5) is 19.4. The maximum atomic E-state index is 12.8. The molecule has 0 spiro atoms. The first-order chi connectivity index (χ1) is 14.0. The number of carbonyl (C=O) groups excluding carboxylic acids is 1. The first kappa shape index (κ1) is 21.6. The quantitative estimate of drug-likeness (QED) is 0.298. The van der Waals surface area contributed by atoms with Gasteiger partial charge in [-0.15, -0.1) is 6.42 Å². The van der Waals surface area contributed by atoms with Gasteiger partial charge in [-0.3, -0.25) is 0 Å². The van der Waals surface area contributed by atoms with Crippen LogP contribution < -0.4 is 9.47 Å². The second-order valence-electron chi connectivity index (χ2n) is 6.08. The van der Waals surface area contributed by atoms with Crippen molar-refractivity contribution in [2.45, 2.75) is 26.8 Å². The zero-order chi connectivity index (χ0) is 21.0. The summed E-state index contributed by atoms with van der Waals surface area (Å²) >= 11 is 3.71. The molecule has 8 heteroatoms. The number of allylic oxidation sites excluding steroid dienone is 1. The van der Waals surface area contributed by atoms with Crippen molar-refractivity contribution >= 4 is 45.5 Å². The van der Waals surface area contributed by atoms with Crippen LogP contribution in [0.1, 0.15) is 32.4 Å². The van der Waals surface area contributed by atoms with Crippen LogP contribution in [0.2, 0.25) is 0 Å². The molecule has 3 rings (SSSR count). The smallest absolute Gasteiger partial charge is 0.338 e. The lowest BCUT2D eigenvalue weighted by Gasteiger charge is -2.33. The maximum Gasteiger partial charge on any atom is 0.338 e. The molecule has 0 radical (unpaired) electrons. The van der Waals surface area contributed by atoms with Crippen LogP contribution in [-0.4, -0.2) is 35.9 Å². The number of thioether (sulfide) groups is 1. The minimum atomic E-state index is -0.373. The highest BCUT2D eigenvalue weighted by Crippen LogP contribution is 2.44. The highest BCUT2D eigenvalue weighted by molar-refractivity contribution is 14.1. The number of hydrogen-bond donors (Lipinski definition) is 0. The van der Waals surface area contributed by atoms with Gasteiger partial charge in [-0.1, -0.05) is 17.7 Å². The molecule has 1 atom stereocenters. The van der Waals surface area contributed by atoms with E-state index in [-0.39, 0.29) is 18.6 Å². The lowest BCUT2D eigenvalue weighted by Crippen LogP contribution is -2.34. The number of ether oxygens (including phenoxy) is 3. The van der Waals surface area contributed by atoms with Crippen molar-refractivity contribution in [2.75, 3.05) is 19.8 Å². The molecule has 0 aliphatic carbocycles. The fourth-order valence-electron chi connectivity index (χ4n) is 3.16. The van der Waals surface area contributed by atoms with Crippen LogP contribution in [0.15, 0.2) is 40.0 Å². The van der Waals surface area contributed by atoms with Gasteiger partial charge in [-0.05, 0) is 66.5 Å². The van der Waals surface area contributed by atoms with Crippen molar-refractivity contribution in [3.8, 4) is 23.8 Å². The summed E-state index contributed by atoms with van der Waals surface area (Å²) in [7, 11) is 0. The van der Waals surface area contributed by atoms with Crippen LogP contribution in [0.3, 0.4) is 0 Å². The molecule has 0 amide bonds. The molecule has 2 aliphatic rings. The van der Waals surface area contributed by atoms with Gasteiger partial charge in [0, 0.05) is 6.20 Å². The zero-order valence-corrected chi connectivity index (χ0v) is 19.4. The molecule has 2 heterocycles. The van der Waals surface area contributed by atoms with E-state index < -0.39 is 0 Å². The number of rotatable bonds is 7. The molecule has 152 valence electrons. The minimum absolute atomic E-state index is 0.147. The number of nitrogens with zero attached hydrogens (tertiary/aromatic N) is 2. The van der Waals surface area contributed by atoms with Crippen LogP contribution in [0.25, 0.3) is 0 Å². The molecular weight excluding hydrogens is 503 g/mol. The summed E-state index contributed by atoms with van der Waals surface area (Å²) in [5.41, 5.74) is 2.04. The molecule has 1 aromatic carbocycles. The Bertz CT molecular complexity index is 949. The molecule has 1 aromatic rings. The fourth-order valence-corrected chi connectivity index (χ4v) is 4.73. The Kier molecular flexibility index (Phi) is 7.14. The Morgan fingerprint density at radius 2 is 2.14 bits per heavy atom. The van der Waals surface area contributed by atoms with Gasteiger partial charge in [-0.2, -0.15) is 0 Å². The van der Waals surface area contributed by atoms with E-state index in [1.54, 1.807) is 6.92 Å². The minimum Gasteiger partial charge on any atom is -0.490 e. The predicted octanol–water partition coefficient (Wildman–Crippen LogP) is 4.47. The van der Waals surface area contributed by atoms with Gasteiger partial charge in [0.1, 0.15) is 6.61 Å². The summed E-state index contributed by atoms with van der Waals surface area (Å²) in [6, 6.07) is 3.50. The van der Waals surface area contributed by atoms with Gasteiger partial charge in [0.2, 0.25) is 0 Å². The highest BCUT2D eigenvalue weighted by Gasteiger charge is 2.38. The largest absolute Gasteiger partial charge is 0.490 e. The Balaban J connectivity index is 2.13. The molecule has 29 heavy (non-hydrogen) atoms. The summed E-state index contributed by atoms with van der Waals surface area (Å²) in [6.45, 7) is 6.45. The summed E-state index contributed by atoms with van der Waals surface area (Å²) < 4.78 is 17.7. The fraction of sp³-hybridized carbons (Fsp3) is 0.333. The number of benzene rings is 1. The van der Waals surface area contributed by atoms with Crippen LogP contribution in [-0.2, 0) is 9.53 Å². The van der Waals surface area contributed by atoms with E-state index in [9.17, 15) is 4.79 Å². The van der Waals surface area contributed by atoms with E-state index in [2.05, 4.69) is 33.5 Å².